The number of carbonyl (C=O) groups excluding carboxylic acids is 2. The van der Waals surface area contributed by atoms with Gasteiger partial charge in [0.05, 0.1) is 0 Å². The Hall–Kier alpha value is -4.06. The number of amides is 2. The normalized spacial score (nSPS) is 11.0. The highest BCUT2D eigenvalue weighted by Gasteiger charge is 2.11. The second kappa shape index (κ2) is 9.23. The predicted octanol–water partition coefficient (Wildman–Crippen LogP) is 3.23. The van der Waals surface area contributed by atoms with Crippen molar-refractivity contribution in [1.29, 1.82) is 0 Å². The smallest absolute Gasteiger partial charge is 0.265 e. The summed E-state index contributed by atoms with van der Waals surface area (Å²) in [5.41, 5.74) is 7.34. The van der Waals surface area contributed by atoms with Gasteiger partial charge < -0.3 is 20.9 Å². The van der Waals surface area contributed by atoms with Crippen molar-refractivity contribution >= 4 is 17.9 Å². The van der Waals surface area contributed by atoms with E-state index in [0.29, 0.717) is 23.5 Å². The lowest BCUT2D eigenvalue weighted by Crippen LogP contribution is -2.31. The fourth-order valence-electron chi connectivity index (χ4n) is 2.59. The van der Waals surface area contributed by atoms with E-state index in [1.807, 2.05) is 6.07 Å². The number of nitrogens with two attached hydrogens (primary N) is 1. The van der Waals surface area contributed by atoms with Crippen molar-refractivity contribution < 1.29 is 19.4 Å². The minimum Gasteiger partial charge on any atom is -0.508 e. The number of phenolic OH excluding ortho intramolecular Hbond substituents is 1. The van der Waals surface area contributed by atoms with Crippen molar-refractivity contribution in [1.82, 2.24) is 5.32 Å². The van der Waals surface area contributed by atoms with E-state index < -0.39 is 11.8 Å². The molecule has 2 amide bonds. The van der Waals surface area contributed by atoms with E-state index in [-0.39, 0.29) is 11.4 Å². The summed E-state index contributed by atoms with van der Waals surface area (Å²) < 4.78 is 5.68. The highest BCUT2D eigenvalue weighted by atomic mass is 16.5. The van der Waals surface area contributed by atoms with Gasteiger partial charge in [-0.3, -0.25) is 9.59 Å². The molecule has 0 spiro atoms. The Morgan fingerprint density at radius 3 is 2.34 bits per heavy atom. The van der Waals surface area contributed by atoms with Crippen LogP contribution < -0.4 is 15.8 Å². The third-order valence-corrected chi connectivity index (χ3v) is 4.06. The standard InChI is InChI=1S/C23H20N2O4/c24-22(27)21(25-23(28)18-6-2-1-3-7-18)14-16-9-11-20(12-10-16)29-15-17-5-4-8-19(26)13-17/h1-14,26H,15H2,(H2,24,27)(H,25,28). The summed E-state index contributed by atoms with van der Waals surface area (Å²) in [4.78, 5) is 24.0. The molecular weight excluding hydrogens is 368 g/mol. The Labute approximate surface area is 168 Å². The van der Waals surface area contributed by atoms with Gasteiger partial charge in [-0.25, -0.2) is 0 Å². The van der Waals surface area contributed by atoms with E-state index in [2.05, 4.69) is 5.32 Å². The van der Waals surface area contributed by atoms with Crippen LogP contribution in [0, 0.1) is 0 Å². The lowest BCUT2D eigenvalue weighted by Gasteiger charge is -2.08. The van der Waals surface area contributed by atoms with E-state index in [4.69, 9.17) is 10.5 Å². The molecule has 146 valence electrons. The average Bonchev–Trinajstić information content (AvgIpc) is 2.73. The number of primary amides is 1. The third-order valence-electron chi connectivity index (χ3n) is 4.06. The number of hydrogen-bond acceptors (Lipinski definition) is 4. The number of aromatic hydroxyl groups is 1. The van der Waals surface area contributed by atoms with E-state index >= 15 is 0 Å². The quantitative estimate of drug-likeness (QED) is 0.541. The van der Waals surface area contributed by atoms with Gasteiger partial charge in [-0.05, 0) is 53.6 Å². The third kappa shape index (κ3) is 5.71. The molecule has 0 aliphatic carbocycles. The minimum absolute atomic E-state index is 0.00715. The molecular formula is C23H20N2O4. The van der Waals surface area contributed by atoms with E-state index in [1.54, 1.807) is 72.8 Å². The Kier molecular flexibility index (Phi) is 6.27. The second-order valence-corrected chi connectivity index (χ2v) is 6.27. The molecule has 0 radical (unpaired) electrons. The van der Waals surface area contributed by atoms with Gasteiger partial charge in [-0.15, -0.1) is 0 Å². The molecule has 0 unspecified atom stereocenters. The van der Waals surface area contributed by atoms with Gasteiger partial charge in [-0.1, -0.05) is 42.5 Å². The number of phenols is 1. The second-order valence-electron chi connectivity index (χ2n) is 6.27. The number of hydrogen-bond donors (Lipinski definition) is 3. The van der Waals surface area contributed by atoms with Gasteiger partial charge in [0.1, 0.15) is 23.8 Å². The van der Waals surface area contributed by atoms with Crippen molar-refractivity contribution in [2.45, 2.75) is 6.61 Å². The zero-order chi connectivity index (χ0) is 20.6. The fourth-order valence-corrected chi connectivity index (χ4v) is 2.59. The fraction of sp³-hybridized carbons (Fsp3) is 0.0435. The zero-order valence-corrected chi connectivity index (χ0v) is 15.5. The van der Waals surface area contributed by atoms with Crippen molar-refractivity contribution in [3.05, 3.63) is 101 Å². The van der Waals surface area contributed by atoms with Crippen LogP contribution in [0.1, 0.15) is 21.5 Å². The molecule has 6 nitrogen and oxygen atoms in total. The van der Waals surface area contributed by atoms with Crippen LogP contribution in [0.25, 0.3) is 6.08 Å². The minimum atomic E-state index is -0.738. The molecule has 0 aromatic heterocycles. The van der Waals surface area contributed by atoms with Crippen LogP contribution >= 0.6 is 0 Å². The highest BCUT2D eigenvalue weighted by Crippen LogP contribution is 2.17. The van der Waals surface area contributed by atoms with E-state index in [0.717, 1.165) is 5.56 Å². The van der Waals surface area contributed by atoms with Crippen molar-refractivity contribution in [2.75, 3.05) is 0 Å². The lowest BCUT2D eigenvalue weighted by atomic mass is 10.1. The van der Waals surface area contributed by atoms with Crippen LogP contribution in [0.2, 0.25) is 0 Å². The van der Waals surface area contributed by atoms with Crippen LogP contribution in [-0.2, 0) is 11.4 Å². The van der Waals surface area contributed by atoms with Crippen LogP contribution in [0.5, 0.6) is 11.5 Å². The van der Waals surface area contributed by atoms with Gasteiger partial charge in [0.25, 0.3) is 11.8 Å². The number of rotatable bonds is 7. The summed E-state index contributed by atoms with van der Waals surface area (Å²) in [7, 11) is 0. The molecule has 4 N–H and O–H groups in total. The molecule has 3 aromatic rings. The Balaban J connectivity index is 1.67. The molecule has 0 aliphatic heterocycles. The monoisotopic (exact) mass is 388 g/mol. The predicted molar refractivity (Wildman–Crippen MR) is 110 cm³/mol. The van der Waals surface area contributed by atoms with Gasteiger partial charge in [0.15, 0.2) is 0 Å². The Bertz CT molecular complexity index is 1030. The summed E-state index contributed by atoms with van der Waals surface area (Å²) in [5.74, 6) is -0.345. The molecule has 0 fully saturated rings. The molecule has 3 rings (SSSR count). The molecule has 3 aromatic carbocycles. The van der Waals surface area contributed by atoms with E-state index in [9.17, 15) is 14.7 Å². The molecule has 0 saturated heterocycles. The lowest BCUT2D eigenvalue weighted by molar-refractivity contribution is -0.114. The summed E-state index contributed by atoms with van der Waals surface area (Å²) >= 11 is 0. The first-order chi connectivity index (χ1) is 14.0. The maximum absolute atomic E-state index is 12.3. The SMILES string of the molecule is NC(=O)C(=Cc1ccc(OCc2cccc(O)c2)cc1)NC(=O)c1ccccc1. The van der Waals surface area contributed by atoms with Crippen LogP contribution in [0.4, 0.5) is 0 Å². The largest absolute Gasteiger partial charge is 0.508 e. The van der Waals surface area contributed by atoms with Crippen LogP contribution in [-0.4, -0.2) is 16.9 Å². The molecule has 6 heteroatoms. The first-order valence-electron chi connectivity index (χ1n) is 8.90. The number of ether oxygens (including phenoxy) is 1. The summed E-state index contributed by atoms with van der Waals surface area (Å²) in [6.45, 7) is 0.309. The number of nitrogens with one attached hydrogen (secondary N) is 1. The van der Waals surface area contributed by atoms with Gasteiger partial charge in [0.2, 0.25) is 0 Å². The molecule has 0 aliphatic rings. The first-order valence-corrected chi connectivity index (χ1v) is 8.90. The number of carbonyl (C=O) groups is 2. The van der Waals surface area contributed by atoms with Crippen LogP contribution in [0.15, 0.2) is 84.6 Å². The Morgan fingerprint density at radius 2 is 1.69 bits per heavy atom. The van der Waals surface area contributed by atoms with Gasteiger partial charge >= 0.3 is 0 Å². The van der Waals surface area contributed by atoms with Crippen LogP contribution in [0.3, 0.4) is 0 Å². The molecule has 29 heavy (non-hydrogen) atoms. The van der Waals surface area contributed by atoms with E-state index in [1.165, 1.54) is 6.08 Å². The first kappa shape index (κ1) is 19.7. The highest BCUT2D eigenvalue weighted by molar-refractivity contribution is 6.04. The molecule has 0 bridgehead atoms. The summed E-state index contributed by atoms with van der Waals surface area (Å²) in [5, 5.41) is 12.0. The van der Waals surface area contributed by atoms with Gasteiger partial charge in [-0.2, -0.15) is 0 Å². The maximum Gasteiger partial charge on any atom is 0.265 e. The average molecular weight is 388 g/mol. The van der Waals surface area contributed by atoms with Gasteiger partial charge in [0, 0.05) is 5.56 Å². The Morgan fingerprint density at radius 1 is 0.966 bits per heavy atom. The van der Waals surface area contributed by atoms with Crippen molar-refractivity contribution in [3.8, 4) is 11.5 Å². The zero-order valence-electron chi connectivity index (χ0n) is 15.5. The summed E-state index contributed by atoms with van der Waals surface area (Å²) in [6.07, 6.45) is 1.50. The number of benzene rings is 3. The summed E-state index contributed by atoms with van der Waals surface area (Å²) in [6, 6.07) is 22.4. The topological polar surface area (TPSA) is 102 Å². The van der Waals surface area contributed by atoms with Crippen molar-refractivity contribution in [2.24, 2.45) is 5.73 Å². The molecule has 0 saturated carbocycles. The van der Waals surface area contributed by atoms with Crippen molar-refractivity contribution in [3.63, 3.8) is 0 Å². The molecule has 0 atom stereocenters. The maximum atomic E-state index is 12.3. The molecule has 0 heterocycles.